The van der Waals surface area contributed by atoms with Crippen molar-refractivity contribution in [1.82, 2.24) is 0 Å². The average Bonchev–Trinajstić information content (AvgIpc) is 2.57. The Morgan fingerprint density at radius 2 is 1.77 bits per heavy atom. The lowest BCUT2D eigenvalue weighted by Gasteiger charge is -2.42. The van der Waals surface area contributed by atoms with Gasteiger partial charge in [-0.3, -0.25) is 0 Å². The Balaban J connectivity index is 2.14. The van der Waals surface area contributed by atoms with E-state index in [4.69, 9.17) is 14.6 Å². The number of aliphatic hydroxyl groups excluding tert-OH is 2. The maximum absolute atomic E-state index is 10.9. The average molecular weight is 429 g/mol. The van der Waals surface area contributed by atoms with Gasteiger partial charge in [0.2, 0.25) is 4.51 Å². The van der Waals surface area contributed by atoms with Crippen LogP contribution in [-0.4, -0.2) is 50.0 Å². The molecule has 0 aliphatic carbocycles. The minimum Gasteiger partial charge on any atom is -0.508 e. The van der Waals surface area contributed by atoms with Gasteiger partial charge in [0.1, 0.15) is 29.5 Å². The quantitative estimate of drug-likeness (QED) is 0.318. The van der Waals surface area contributed by atoms with Gasteiger partial charge in [0.15, 0.2) is 11.5 Å². The molecule has 0 saturated heterocycles. The zero-order chi connectivity index (χ0) is 19.1. The molecule has 0 aromatic heterocycles. The number of rotatable bonds is 4. The van der Waals surface area contributed by atoms with E-state index in [9.17, 15) is 25.5 Å². The van der Waals surface area contributed by atoms with Gasteiger partial charge in [-0.15, -0.1) is 0 Å². The number of phenols is 4. The molecule has 0 spiro atoms. The summed E-state index contributed by atoms with van der Waals surface area (Å²) in [5, 5.41) is 59.1. The van der Waals surface area contributed by atoms with Crippen LogP contribution in [0.1, 0.15) is 17.2 Å². The number of halogens is 1. The summed E-state index contributed by atoms with van der Waals surface area (Å²) in [5.74, 6) is -1.33. The molecule has 8 nitrogen and oxygen atoms in total. The summed E-state index contributed by atoms with van der Waals surface area (Å²) in [6.07, 6.45) is -2.53. The van der Waals surface area contributed by atoms with Crippen molar-refractivity contribution < 1.29 is 40.1 Å². The van der Waals surface area contributed by atoms with Gasteiger partial charge < -0.3 is 40.1 Å². The minimum atomic E-state index is -1.62. The van der Waals surface area contributed by atoms with Crippen molar-refractivity contribution in [1.29, 1.82) is 0 Å². The van der Waals surface area contributed by atoms with Gasteiger partial charge in [-0.1, -0.05) is 6.07 Å². The first-order valence-electron chi connectivity index (χ1n) is 7.64. The maximum Gasteiger partial charge on any atom is 0.217 e. The highest BCUT2D eigenvalue weighted by Crippen LogP contribution is 2.53. The Hall–Kier alpha value is -2.20. The van der Waals surface area contributed by atoms with Crippen molar-refractivity contribution in [3.8, 4) is 28.7 Å². The van der Waals surface area contributed by atoms with Gasteiger partial charge in [0.05, 0.1) is 18.8 Å². The molecule has 26 heavy (non-hydrogen) atoms. The molecule has 0 bridgehead atoms. The number of fused-ring (bicyclic) bond motifs is 1. The second-order valence-electron chi connectivity index (χ2n) is 5.79. The highest BCUT2D eigenvalue weighted by Gasteiger charge is 2.51. The largest absolute Gasteiger partial charge is 0.508 e. The first kappa shape index (κ1) is 18.6. The van der Waals surface area contributed by atoms with Crippen molar-refractivity contribution in [2.24, 2.45) is 0 Å². The molecule has 3 atom stereocenters. The first-order valence-corrected chi connectivity index (χ1v) is 8.44. The maximum atomic E-state index is 10.9. The molecule has 2 aromatic rings. The molecule has 140 valence electrons. The van der Waals surface area contributed by atoms with E-state index in [0.29, 0.717) is 0 Å². The lowest BCUT2D eigenvalue weighted by molar-refractivity contribution is -0.118. The zero-order valence-corrected chi connectivity index (χ0v) is 14.9. The second-order valence-corrected chi connectivity index (χ2v) is 6.97. The lowest BCUT2D eigenvalue weighted by Crippen LogP contribution is -2.47. The Kier molecular flexibility index (Phi) is 4.89. The Morgan fingerprint density at radius 3 is 2.42 bits per heavy atom. The van der Waals surface area contributed by atoms with E-state index < -0.39 is 22.5 Å². The van der Waals surface area contributed by atoms with Gasteiger partial charge in [-0.2, -0.15) is 0 Å². The van der Waals surface area contributed by atoms with Crippen LogP contribution in [-0.2, 0) is 9.25 Å². The molecule has 1 heterocycles. The van der Waals surface area contributed by atoms with Gasteiger partial charge in [0, 0.05) is 17.7 Å². The summed E-state index contributed by atoms with van der Waals surface area (Å²) in [6.45, 7) is -0.432. The van der Waals surface area contributed by atoms with Crippen molar-refractivity contribution >= 4 is 15.9 Å². The van der Waals surface area contributed by atoms with Crippen LogP contribution in [0.5, 0.6) is 28.7 Å². The van der Waals surface area contributed by atoms with Crippen LogP contribution in [0.3, 0.4) is 0 Å². The summed E-state index contributed by atoms with van der Waals surface area (Å²) in [7, 11) is 0. The number of hydrogen-bond acceptors (Lipinski definition) is 8. The fourth-order valence-corrected chi connectivity index (χ4v) is 3.52. The van der Waals surface area contributed by atoms with Crippen LogP contribution in [0.4, 0.5) is 0 Å². The molecule has 1 aliphatic rings. The summed E-state index contributed by atoms with van der Waals surface area (Å²) in [6, 6.07) is 6.17. The molecule has 0 saturated carbocycles. The fraction of sp³-hybridized carbons (Fsp3) is 0.294. The summed E-state index contributed by atoms with van der Waals surface area (Å²) < 4.78 is 9.68. The number of benzene rings is 2. The monoisotopic (exact) mass is 428 g/mol. The normalized spacial score (nSPS) is 24.7. The van der Waals surface area contributed by atoms with E-state index >= 15 is 0 Å². The molecule has 0 radical (unpaired) electrons. The van der Waals surface area contributed by atoms with Crippen LogP contribution in [0.25, 0.3) is 0 Å². The van der Waals surface area contributed by atoms with Crippen LogP contribution < -0.4 is 4.74 Å². The van der Waals surface area contributed by atoms with Crippen LogP contribution in [0.2, 0.25) is 0 Å². The Labute approximate surface area is 156 Å². The van der Waals surface area contributed by atoms with Gasteiger partial charge >= 0.3 is 0 Å². The molecule has 2 unspecified atom stereocenters. The van der Waals surface area contributed by atoms with Crippen molar-refractivity contribution in [2.45, 2.75) is 16.7 Å². The lowest BCUT2D eigenvalue weighted by atomic mass is 9.91. The number of alkyl halides is 1. The Morgan fingerprint density at radius 1 is 1.04 bits per heavy atom. The van der Waals surface area contributed by atoms with Crippen molar-refractivity contribution in [2.75, 3.05) is 13.2 Å². The number of aromatic hydroxyl groups is 4. The number of ether oxygens (including phenoxy) is 2. The molecule has 2 aromatic carbocycles. The summed E-state index contributed by atoms with van der Waals surface area (Å²) in [4.78, 5) is 0. The van der Waals surface area contributed by atoms with Crippen LogP contribution in [0, 0.1) is 0 Å². The molecule has 1 aliphatic heterocycles. The van der Waals surface area contributed by atoms with Gasteiger partial charge in [0.25, 0.3) is 0 Å². The number of phenolic OH excluding ortho intramolecular Hbond substituents is 4. The molecular weight excluding hydrogens is 412 g/mol. The van der Waals surface area contributed by atoms with Crippen LogP contribution in [0.15, 0.2) is 30.3 Å². The van der Waals surface area contributed by atoms with Gasteiger partial charge in [-0.05, 0) is 28.1 Å². The van der Waals surface area contributed by atoms with E-state index in [0.717, 1.165) is 6.07 Å². The predicted molar refractivity (Wildman–Crippen MR) is 92.6 cm³/mol. The Bertz CT molecular complexity index is 827. The topological polar surface area (TPSA) is 140 Å². The molecule has 0 fully saturated rings. The molecule has 6 N–H and O–H groups in total. The summed E-state index contributed by atoms with van der Waals surface area (Å²) in [5.41, 5.74) is 0.369. The SMILES string of the molecule is OCCOC1c2c(O)cc(O)cc2OC(Br)(c2ccc(O)c(O)c2)[C@@H]1O. The van der Waals surface area contributed by atoms with Crippen molar-refractivity contribution in [3.05, 3.63) is 41.5 Å². The number of aliphatic hydroxyl groups is 2. The highest BCUT2D eigenvalue weighted by molar-refractivity contribution is 9.09. The first-order chi connectivity index (χ1) is 12.3. The zero-order valence-electron chi connectivity index (χ0n) is 13.3. The fourth-order valence-electron chi connectivity index (χ4n) is 2.86. The van der Waals surface area contributed by atoms with Gasteiger partial charge in [-0.25, -0.2) is 0 Å². The minimum absolute atomic E-state index is 0.0418. The third-order valence-electron chi connectivity index (χ3n) is 4.07. The third kappa shape index (κ3) is 3.03. The predicted octanol–water partition coefficient (Wildman–Crippen LogP) is 1.56. The molecular formula is C17H17BrO8. The third-order valence-corrected chi connectivity index (χ3v) is 5.16. The van der Waals surface area contributed by atoms with Crippen LogP contribution >= 0.6 is 15.9 Å². The summed E-state index contributed by atoms with van der Waals surface area (Å²) >= 11 is 3.31. The smallest absolute Gasteiger partial charge is 0.217 e. The van der Waals surface area contributed by atoms with E-state index in [2.05, 4.69) is 15.9 Å². The van der Waals surface area contributed by atoms with Crippen molar-refractivity contribution in [3.63, 3.8) is 0 Å². The molecule has 0 amide bonds. The molecule has 3 rings (SSSR count). The standard InChI is InChI=1S/C17H17BrO8/c18-17(8-1-2-10(21)11(22)5-8)16(24)15(25-4-3-19)14-12(23)6-9(20)7-13(14)26-17/h1-2,5-7,15-16,19-24H,3-4H2/t15?,16-,17?/m1/s1. The van der Waals surface area contributed by atoms with E-state index in [1.807, 2.05) is 0 Å². The second kappa shape index (κ2) is 6.84. The molecule has 9 heteroatoms. The van der Waals surface area contributed by atoms with E-state index in [1.165, 1.54) is 24.3 Å². The number of hydrogen-bond donors (Lipinski definition) is 6. The van der Waals surface area contributed by atoms with E-state index in [1.54, 1.807) is 0 Å². The highest BCUT2D eigenvalue weighted by atomic mass is 79.9. The van der Waals surface area contributed by atoms with E-state index in [-0.39, 0.29) is 47.3 Å².